The van der Waals surface area contributed by atoms with Crippen molar-refractivity contribution in [3.8, 4) is 0 Å². The highest BCUT2D eigenvalue weighted by molar-refractivity contribution is 14.0. The molecule has 29 heavy (non-hydrogen) atoms. The number of carbonyl (C=O) groups excluding carboxylic acids is 1. The van der Waals surface area contributed by atoms with Crippen LogP contribution in [0.3, 0.4) is 0 Å². The predicted molar refractivity (Wildman–Crippen MR) is 130 cm³/mol. The van der Waals surface area contributed by atoms with E-state index in [1.807, 2.05) is 31.2 Å². The molecular formula is C22H36IN5O. The van der Waals surface area contributed by atoms with Crippen molar-refractivity contribution in [3.63, 3.8) is 0 Å². The van der Waals surface area contributed by atoms with Crippen LogP contribution in [-0.2, 0) is 0 Å². The van der Waals surface area contributed by atoms with Gasteiger partial charge in [0.2, 0.25) is 0 Å². The number of nitrogens with zero attached hydrogens (tertiary/aromatic N) is 2. The number of rotatable bonds is 7. The van der Waals surface area contributed by atoms with E-state index in [0.29, 0.717) is 24.7 Å². The monoisotopic (exact) mass is 513 g/mol. The van der Waals surface area contributed by atoms with Crippen molar-refractivity contribution in [1.29, 1.82) is 0 Å². The normalized spacial score (nSPS) is 20.3. The van der Waals surface area contributed by atoms with Gasteiger partial charge >= 0.3 is 0 Å². The predicted octanol–water partition coefficient (Wildman–Crippen LogP) is 2.91. The maximum atomic E-state index is 12.2. The van der Waals surface area contributed by atoms with Crippen LogP contribution in [0.15, 0.2) is 29.3 Å². The number of hydrogen-bond acceptors (Lipinski definition) is 3. The first-order valence-electron chi connectivity index (χ1n) is 10.8. The van der Waals surface area contributed by atoms with Gasteiger partial charge in [-0.05, 0) is 45.2 Å². The average Bonchev–Trinajstić information content (AvgIpc) is 3.37. The van der Waals surface area contributed by atoms with Crippen molar-refractivity contribution in [3.05, 3.63) is 35.4 Å². The van der Waals surface area contributed by atoms with E-state index in [2.05, 4.69) is 32.8 Å². The van der Waals surface area contributed by atoms with Crippen LogP contribution >= 0.6 is 24.0 Å². The minimum Gasteiger partial charge on any atom is -0.357 e. The fourth-order valence-corrected chi connectivity index (χ4v) is 4.25. The number of halogens is 1. The molecule has 7 heteroatoms. The van der Waals surface area contributed by atoms with Crippen molar-refractivity contribution < 1.29 is 4.79 Å². The molecule has 3 N–H and O–H groups in total. The van der Waals surface area contributed by atoms with Gasteiger partial charge in [-0.3, -0.25) is 14.7 Å². The second-order valence-corrected chi connectivity index (χ2v) is 7.95. The highest BCUT2D eigenvalue weighted by Gasteiger charge is 2.30. The molecule has 6 nitrogen and oxygen atoms in total. The molecule has 1 aromatic rings. The molecule has 1 aliphatic carbocycles. The molecule has 1 saturated heterocycles. The Morgan fingerprint density at radius 2 is 2.00 bits per heavy atom. The molecule has 0 radical (unpaired) electrons. The number of guanidine groups is 1. The molecule has 1 heterocycles. The molecule has 1 atom stereocenters. The quantitative estimate of drug-likeness (QED) is 0.227. The number of benzene rings is 1. The summed E-state index contributed by atoms with van der Waals surface area (Å²) in [5.41, 5.74) is 1.79. The van der Waals surface area contributed by atoms with Gasteiger partial charge in [0.05, 0.1) is 6.54 Å². The summed E-state index contributed by atoms with van der Waals surface area (Å²) in [6, 6.07) is 8.90. The standard InChI is InChI=1S/C22H35N5O.HI/c1-3-23-22(26-19-11-14-27(16-19)20-9-4-5-10-20)25-13-12-24-21(28)18-8-6-7-17(2)15-18;/h6-8,15,19-20H,3-5,9-14,16H2,1-2H3,(H,24,28)(H2,23,25,26);1H. The van der Waals surface area contributed by atoms with E-state index < -0.39 is 0 Å². The lowest BCUT2D eigenvalue weighted by molar-refractivity contribution is 0.0954. The molecule has 2 fully saturated rings. The van der Waals surface area contributed by atoms with Crippen LogP contribution in [0.2, 0.25) is 0 Å². The van der Waals surface area contributed by atoms with Crippen LogP contribution in [0.1, 0.15) is 54.9 Å². The summed E-state index contributed by atoms with van der Waals surface area (Å²) in [4.78, 5) is 19.5. The van der Waals surface area contributed by atoms with Gasteiger partial charge in [-0.25, -0.2) is 0 Å². The third kappa shape index (κ3) is 7.44. The van der Waals surface area contributed by atoms with E-state index in [-0.39, 0.29) is 29.9 Å². The molecule has 3 rings (SSSR count). The van der Waals surface area contributed by atoms with Crippen LogP contribution in [0, 0.1) is 6.92 Å². The molecule has 2 aliphatic rings. The lowest BCUT2D eigenvalue weighted by Gasteiger charge is -2.24. The van der Waals surface area contributed by atoms with Gasteiger partial charge in [0.25, 0.3) is 5.91 Å². The van der Waals surface area contributed by atoms with Gasteiger partial charge in [-0.15, -0.1) is 24.0 Å². The fourth-order valence-electron chi connectivity index (χ4n) is 4.25. The summed E-state index contributed by atoms with van der Waals surface area (Å²) in [6.07, 6.45) is 6.67. The van der Waals surface area contributed by atoms with Crippen LogP contribution in [0.5, 0.6) is 0 Å². The topological polar surface area (TPSA) is 68.8 Å². The molecule has 0 aromatic heterocycles. The first-order chi connectivity index (χ1) is 13.7. The van der Waals surface area contributed by atoms with Gasteiger partial charge in [0.15, 0.2) is 5.96 Å². The Kier molecular flexibility index (Phi) is 10.2. The first-order valence-corrected chi connectivity index (χ1v) is 10.8. The second kappa shape index (κ2) is 12.4. The third-order valence-corrected chi connectivity index (χ3v) is 5.69. The van der Waals surface area contributed by atoms with E-state index >= 15 is 0 Å². The second-order valence-electron chi connectivity index (χ2n) is 7.95. The van der Waals surface area contributed by atoms with E-state index in [0.717, 1.165) is 30.7 Å². The zero-order valence-electron chi connectivity index (χ0n) is 17.7. The van der Waals surface area contributed by atoms with Gasteiger partial charge in [0, 0.05) is 43.8 Å². The Morgan fingerprint density at radius 1 is 1.21 bits per heavy atom. The van der Waals surface area contributed by atoms with Crippen LogP contribution in [0.4, 0.5) is 0 Å². The Bertz CT molecular complexity index is 675. The number of nitrogens with one attached hydrogen (secondary N) is 3. The van der Waals surface area contributed by atoms with Gasteiger partial charge in [-0.2, -0.15) is 0 Å². The molecule has 1 amide bonds. The molecule has 1 saturated carbocycles. The Morgan fingerprint density at radius 3 is 2.72 bits per heavy atom. The van der Waals surface area contributed by atoms with Crippen molar-refractivity contribution >= 4 is 35.8 Å². The third-order valence-electron chi connectivity index (χ3n) is 5.69. The minimum absolute atomic E-state index is 0. The van der Waals surface area contributed by atoms with Crippen molar-refractivity contribution in [2.75, 3.05) is 32.7 Å². The number of amides is 1. The number of likely N-dealkylation sites (tertiary alicyclic amines) is 1. The molecule has 1 unspecified atom stereocenters. The molecule has 1 aromatic carbocycles. The number of aliphatic imine (C=N–C) groups is 1. The summed E-state index contributed by atoms with van der Waals surface area (Å²) in [6.45, 7) is 8.30. The van der Waals surface area contributed by atoms with Crippen LogP contribution in [-0.4, -0.2) is 61.6 Å². The SMILES string of the molecule is CCNC(=NCCNC(=O)c1cccc(C)c1)NC1CCN(C2CCCC2)C1.I. The highest BCUT2D eigenvalue weighted by atomic mass is 127. The van der Waals surface area contributed by atoms with E-state index in [1.54, 1.807) is 0 Å². The number of aryl methyl sites for hydroxylation is 1. The average molecular weight is 513 g/mol. The van der Waals surface area contributed by atoms with Crippen LogP contribution < -0.4 is 16.0 Å². The lowest BCUT2D eigenvalue weighted by Crippen LogP contribution is -2.45. The number of hydrogen-bond donors (Lipinski definition) is 3. The van der Waals surface area contributed by atoms with Crippen molar-refractivity contribution in [2.24, 2.45) is 4.99 Å². The Labute approximate surface area is 192 Å². The summed E-state index contributed by atoms with van der Waals surface area (Å²) < 4.78 is 0. The largest absolute Gasteiger partial charge is 0.357 e. The Hall–Kier alpha value is -1.35. The Balaban J connectivity index is 0.00000300. The fraction of sp³-hybridized carbons (Fsp3) is 0.636. The molecule has 162 valence electrons. The van der Waals surface area contributed by atoms with Crippen LogP contribution in [0.25, 0.3) is 0 Å². The molecule has 0 bridgehead atoms. The smallest absolute Gasteiger partial charge is 0.251 e. The first kappa shape index (κ1) is 23.9. The van der Waals surface area contributed by atoms with Crippen molar-refractivity contribution in [1.82, 2.24) is 20.9 Å². The van der Waals surface area contributed by atoms with Crippen molar-refractivity contribution in [2.45, 2.75) is 58.0 Å². The lowest BCUT2D eigenvalue weighted by atomic mass is 10.1. The van der Waals surface area contributed by atoms with E-state index in [1.165, 1.54) is 38.6 Å². The van der Waals surface area contributed by atoms with Gasteiger partial charge in [-0.1, -0.05) is 30.5 Å². The molecule has 0 spiro atoms. The maximum Gasteiger partial charge on any atom is 0.251 e. The minimum atomic E-state index is -0.0418. The molecule has 1 aliphatic heterocycles. The highest BCUT2D eigenvalue weighted by Crippen LogP contribution is 2.26. The summed E-state index contributed by atoms with van der Waals surface area (Å²) in [7, 11) is 0. The molecular weight excluding hydrogens is 477 g/mol. The van der Waals surface area contributed by atoms with Gasteiger partial charge in [0.1, 0.15) is 0 Å². The number of carbonyl (C=O) groups is 1. The van der Waals surface area contributed by atoms with E-state index in [4.69, 9.17) is 0 Å². The zero-order chi connectivity index (χ0) is 19.8. The summed E-state index contributed by atoms with van der Waals surface area (Å²) in [5.74, 6) is 0.811. The van der Waals surface area contributed by atoms with Gasteiger partial charge < -0.3 is 16.0 Å². The summed E-state index contributed by atoms with van der Waals surface area (Å²) >= 11 is 0. The zero-order valence-corrected chi connectivity index (χ0v) is 20.1. The summed E-state index contributed by atoms with van der Waals surface area (Å²) in [5, 5.41) is 9.86. The maximum absolute atomic E-state index is 12.2. The van der Waals surface area contributed by atoms with E-state index in [9.17, 15) is 4.79 Å².